The number of carbonyl (C=O) groups is 3. The molecule has 1 aliphatic rings. The number of amides is 3. The Balaban J connectivity index is 1.53. The monoisotopic (exact) mass is 369 g/mol. The predicted octanol–water partition coefficient (Wildman–Crippen LogP) is 2.57. The molecule has 0 spiro atoms. The van der Waals surface area contributed by atoms with E-state index >= 15 is 0 Å². The van der Waals surface area contributed by atoms with Crippen molar-refractivity contribution in [2.24, 2.45) is 0 Å². The van der Waals surface area contributed by atoms with Crippen molar-refractivity contribution in [2.75, 3.05) is 17.2 Å². The third-order valence-corrected chi connectivity index (χ3v) is 4.57. The number of rotatable bonds is 5. The van der Waals surface area contributed by atoms with Crippen LogP contribution in [0.3, 0.4) is 0 Å². The van der Waals surface area contributed by atoms with Crippen molar-refractivity contribution in [1.29, 1.82) is 0 Å². The summed E-state index contributed by atoms with van der Waals surface area (Å²) in [5, 5.41) is 7.78. The second-order valence-electron chi connectivity index (χ2n) is 6.68. The molecule has 0 saturated heterocycles. The molecule has 1 fully saturated rings. The van der Waals surface area contributed by atoms with Gasteiger partial charge < -0.3 is 16.0 Å². The summed E-state index contributed by atoms with van der Waals surface area (Å²) in [7, 11) is 0. The number of nitrogens with one attached hydrogen (secondary N) is 3. The average molecular weight is 369 g/mol. The minimum absolute atomic E-state index is 0.193. The van der Waals surface area contributed by atoms with Gasteiger partial charge in [-0.25, -0.2) is 4.39 Å². The lowest BCUT2D eigenvalue weighted by molar-refractivity contribution is -0.136. The molecule has 3 rings (SSSR count). The first-order valence-electron chi connectivity index (χ1n) is 8.61. The molecule has 0 unspecified atom stereocenters. The minimum Gasteiger partial charge on any atom is -0.347 e. The van der Waals surface area contributed by atoms with Crippen molar-refractivity contribution < 1.29 is 18.8 Å². The molecule has 2 aromatic carbocycles. The minimum atomic E-state index is -0.766. The average Bonchev–Trinajstić information content (AvgIpc) is 3.42. The molecule has 7 heteroatoms. The highest BCUT2D eigenvalue weighted by Gasteiger charge is 2.44. The Hall–Kier alpha value is -3.22. The third-order valence-electron chi connectivity index (χ3n) is 4.57. The Morgan fingerprint density at radius 2 is 1.44 bits per heavy atom. The fraction of sp³-hybridized carbons (Fsp3) is 0.250. The van der Waals surface area contributed by atoms with Gasteiger partial charge in [-0.05, 0) is 54.8 Å². The van der Waals surface area contributed by atoms with Crippen LogP contribution in [0.1, 0.15) is 25.3 Å². The van der Waals surface area contributed by atoms with Crippen LogP contribution in [-0.4, -0.2) is 24.3 Å². The van der Waals surface area contributed by atoms with Gasteiger partial charge in [-0.1, -0.05) is 12.1 Å². The van der Waals surface area contributed by atoms with Crippen LogP contribution in [0.5, 0.6) is 0 Å². The van der Waals surface area contributed by atoms with E-state index in [-0.39, 0.29) is 17.1 Å². The van der Waals surface area contributed by atoms with Crippen molar-refractivity contribution in [1.82, 2.24) is 5.32 Å². The quantitative estimate of drug-likeness (QED) is 0.708. The van der Waals surface area contributed by atoms with Gasteiger partial charge in [-0.2, -0.15) is 0 Å². The molecule has 3 N–H and O–H groups in total. The van der Waals surface area contributed by atoms with Crippen LogP contribution in [0.25, 0.3) is 0 Å². The molecule has 0 radical (unpaired) electrons. The zero-order valence-electron chi connectivity index (χ0n) is 14.8. The van der Waals surface area contributed by atoms with Gasteiger partial charge in [0.15, 0.2) is 0 Å². The van der Waals surface area contributed by atoms with Crippen LogP contribution in [0.4, 0.5) is 15.8 Å². The highest BCUT2D eigenvalue weighted by molar-refractivity contribution is 6.39. The maximum atomic E-state index is 13.1. The lowest BCUT2D eigenvalue weighted by Crippen LogP contribution is -2.39. The Morgan fingerprint density at radius 1 is 0.889 bits per heavy atom. The smallest absolute Gasteiger partial charge is 0.313 e. The fourth-order valence-corrected chi connectivity index (χ4v) is 2.88. The van der Waals surface area contributed by atoms with Crippen LogP contribution < -0.4 is 16.0 Å². The number of carbonyl (C=O) groups excluding carboxylic acids is 3. The maximum Gasteiger partial charge on any atom is 0.313 e. The Morgan fingerprint density at radius 3 is 1.96 bits per heavy atom. The van der Waals surface area contributed by atoms with E-state index in [1.54, 1.807) is 36.4 Å². The van der Waals surface area contributed by atoms with Crippen molar-refractivity contribution >= 4 is 29.1 Å². The van der Waals surface area contributed by atoms with Gasteiger partial charge in [0.1, 0.15) is 5.82 Å². The largest absolute Gasteiger partial charge is 0.347 e. The molecular formula is C20H20FN3O3. The van der Waals surface area contributed by atoms with Gasteiger partial charge in [0.25, 0.3) is 0 Å². The summed E-state index contributed by atoms with van der Waals surface area (Å²) in [5.41, 5.74) is 1.78. The van der Waals surface area contributed by atoms with Crippen molar-refractivity contribution in [3.63, 3.8) is 0 Å². The van der Waals surface area contributed by atoms with Gasteiger partial charge >= 0.3 is 11.8 Å². The van der Waals surface area contributed by atoms with Crippen molar-refractivity contribution in [3.05, 3.63) is 59.9 Å². The van der Waals surface area contributed by atoms with Gasteiger partial charge in [0.2, 0.25) is 5.91 Å². The molecule has 0 aliphatic heterocycles. The number of halogens is 1. The first-order chi connectivity index (χ1) is 12.9. The normalized spacial score (nSPS) is 14.1. The molecule has 0 bridgehead atoms. The summed E-state index contributed by atoms with van der Waals surface area (Å²) >= 11 is 0. The summed E-state index contributed by atoms with van der Waals surface area (Å²) in [5.74, 6) is -1.99. The second kappa shape index (κ2) is 7.57. The Bertz CT molecular complexity index is 859. The zero-order valence-corrected chi connectivity index (χ0v) is 14.8. The first-order valence-corrected chi connectivity index (χ1v) is 8.61. The molecule has 1 saturated carbocycles. The molecule has 1 aliphatic carbocycles. The van der Waals surface area contributed by atoms with Gasteiger partial charge in [0, 0.05) is 30.3 Å². The molecule has 0 aromatic heterocycles. The molecular weight excluding hydrogens is 349 g/mol. The number of hydrogen-bond acceptors (Lipinski definition) is 3. The lowest BCUT2D eigenvalue weighted by atomic mass is 9.96. The van der Waals surface area contributed by atoms with Crippen LogP contribution in [-0.2, 0) is 19.8 Å². The standard InChI is InChI=1S/C20H20FN3O3/c1-13(25)23-16-6-8-17(9-7-16)24-19(27)18(26)22-12-20(10-11-20)14-2-4-15(21)5-3-14/h2-9H,10-12H2,1H3,(H,22,26)(H,23,25)(H,24,27). The topological polar surface area (TPSA) is 87.3 Å². The van der Waals surface area contributed by atoms with Crippen LogP contribution in [0, 0.1) is 5.82 Å². The van der Waals surface area contributed by atoms with Crippen molar-refractivity contribution in [3.8, 4) is 0 Å². The molecule has 0 heterocycles. The van der Waals surface area contributed by atoms with Crippen molar-refractivity contribution in [2.45, 2.75) is 25.2 Å². The van der Waals surface area contributed by atoms with Crippen LogP contribution in [0.2, 0.25) is 0 Å². The molecule has 27 heavy (non-hydrogen) atoms. The summed E-state index contributed by atoms with van der Waals surface area (Å²) in [4.78, 5) is 35.1. The van der Waals surface area contributed by atoms with E-state index < -0.39 is 11.8 Å². The highest BCUT2D eigenvalue weighted by Crippen LogP contribution is 2.47. The predicted molar refractivity (Wildman–Crippen MR) is 99.7 cm³/mol. The summed E-state index contributed by atoms with van der Waals surface area (Å²) in [6.07, 6.45) is 1.76. The molecule has 0 atom stereocenters. The lowest BCUT2D eigenvalue weighted by Gasteiger charge is -2.16. The Labute approximate surface area is 156 Å². The van der Waals surface area contributed by atoms with Crippen LogP contribution in [0.15, 0.2) is 48.5 Å². The zero-order chi connectivity index (χ0) is 19.4. The Kier molecular flexibility index (Phi) is 5.21. The van der Waals surface area contributed by atoms with E-state index in [9.17, 15) is 18.8 Å². The fourth-order valence-electron chi connectivity index (χ4n) is 2.88. The highest BCUT2D eigenvalue weighted by atomic mass is 19.1. The summed E-state index contributed by atoms with van der Waals surface area (Å²) in [6.45, 7) is 1.73. The first kappa shape index (κ1) is 18.6. The number of benzene rings is 2. The molecule has 140 valence electrons. The van der Waals surface area contributed by atoms with E-state index in [0.29, 0.717) is 17.9 Å². The van der Waals surface area contributed by atoms with E-state index in [4.69, 9.17) is 0 Å². The van der Waals surface area contributed by atoms with E-state index in [1.165, 1.54) is 19.1 Å². The third kappa shape index (κ3) is 4.69. The second-order valence-corrected chi connectivity index (χ2v) is 6.68. The van der Waals surface area contributed by atoms with E-state index in [0.717, 1.165) is 18.4 Å². The maximum absolute atomic E-state index is 13.1. The number of anilines is 2. The van der Waals surface area contributed by atoms with Gasteiger partial charge in [-0.3, -0.25) is 14.4 Å². The van der Waals surface area contributed by atoms with Gasteiger partial charge in [-0.15, -0.1) is 0 Å². The molecule has 2 aromatic rings. The SMILES string of the molecule is CC(=O)Nc1ccc(NC(=O)C(=O)NCC2(c3ccc(F)cc3)CC2)cc1. The summed E-state index contributed by atoms with van der Waals surface area (Å²) in [6, 6.07) is 12.7. The van der Waals surface area contributed by atoms with Crippen LogP contribution >= 0.6 is 0 Å². The summed E-state index contributed by atoms with van der Waals surface area (Å²) < 4.78 is 13.1. The van der Waals surface area contributed by atoms with E-state index in [1.807, 2.05) is 0 Å². The molecule has 3 amide bonds. The number of hydrogen-bond donors (Lipinski definition) is 3. The molecule has 6 nitrogen and oxygen atoms in total. The van der Waals surface area contributed by atoms with E-state index in [2.05, 4.69) is 16.0 Å². The van der Waals surface area contributed by atoms with Gasteiger partial charge in [0.05, 0.1) is 0 Å².